The Bertz CT molecular complexity index is 1160. The fourth-order valence-electron chi connectivity index (χ4n) is 4.72. The summed E-state index contributed by atoms with van der Waals surface area (Å²) in [5.74, 6) is -0.274. The van der Waals surface area contributed by atoms with E-state index < -0.39 is 17.6 Å². The van der Waals surface area contributed by atoms with Crippen LogP contribution in [0.4, 0.5) is 5.69 Å². The first kappa shape index (κ1) is 25.2. The molecule has 36 heavy (non-hydrogen) atoms. The van der Waals surface area contributed by atoms with Gasteiger partial charge in [-0.05, 0) is 42.8 Å². The molecule has 0 saturated carbocycles. The van der Waals surface area contributed by atoms with Crippen molar-refractivity contribution in [3.05, 3.63) is 59.7 Å². The number of oxime groups is 1. The van der Waals surface area contributed by atoms with E-state index in [4.69, 9.17) is 15.3 Å². The van der Waals surface area contributed by atoms with Crippen LogP contribution in [0, 0.1) is 0 Å². The Morgan fingerprint density at radius 2 is 1.97 bits per heavy atom. The summed E-state index contributed by atoms with van der Waals surface area (Å²) >= 11 is 0. The first-order valence-corrected chi connectivity index (χ1v) is 12.2. The topological polar surface area (TPSA) is 123 Å². The number of carbonyl (C=O) groups excluding carboxylic acids is 3. The highest BCUT2D eigenvalue weighted by Gasteiger charge is 2.53. The molecule has 2 aliphatic heterocycles. The van der Waals surface area contributed by atoms with Crippen molar-refractivity contribution in [2.24, 2.45) is 10.9 Å². The summed E-state index contributed by atoms with van der Waals surface area (Å²) in [5, 5.41) is 7.24. The zero-order valence-electron chi connectivity index (χ0n) is 20.7. The molecule has 2 aromatic rings. The van der Waals surface area contributed by atoms with E-state index in [0.29, 0.717) is 35.6 Å². The van der Waals surface area contributed by atoms with Crippen LogP contribution in [-0.2, 0) is 14.4 Å². The zero-order chi connectivity index (χ0) is 25.7. The van der Waals surface area contributed by atoms with E-state index in [9.17, 15) is 14.4 Å². The van der Waals surface area contributed by atoms with Crippen molar-refractivity contribution < 1.29 is 24.0 Å². The van der Waals surface area contributed by atoms with Crippen LogP contribution < -0.4 is 15.8 Å². The Balaban J connectivity index is 1.45. The molecule has 1 saturated heterocycles. The average molecular weight is 493 g/mol. The van der Waals surface area contributed by atoms with Crippen LogP contribution in [0.25, 0.3) is 0 Å². The molecule has 3 N–H and O–H groups in total. The molecule has 2 aromatic carbocycles. The minimum absolute atomic E-state index is 0.0190. The maximum atomic E-state index is 13.2. The molecule has 2 aliphatic rings. The number of nitrogens with zero attached hydrogens (tertiary/aromatic N) is 2. The van der Waals surface area contributed by atoms with Crippen molar-refractivity contribution in [3.8, 4) is 5.75 Å². The van der Waals surface area contributed by atoms with E-state index in [-0.39, 0.29) is 24.8 Å². The van der Waals surface area contributed by atoms with Crippen LogP contribution in [-0.4, -0.2) is 53.6 Å². The van der Waals surface area contributed by atoms with E-state index in [0.717, 1.165) is 24.8 Å². The average Bonchev–Trinajstić information content (AvgIpc) is 3.48. The monoisotopic (exact) mass is 492 g/mol. The van der Waals surface area contributed by atoms with Crippen molar-refractivity contribution in [2.75, 3.05) is 19.0 Å². The molecule has 2 atom stereocenters. The van der Waals surface area contributed by atoms with Crippen LogP contribution in [0.5, 0.6) is 5.75 Å². The fraction of sp³-hybridized carbons (Fsp3) is 0.407. The van der Waals surface area contributed by atoms with Crippen molar-refractivity contribution in [3.63, 3.8) is 0 Å². The van der Waals surface area contributed by atoms with Crippen LogP contribution in [0.3, 0.4) is 0 Å². The molecule has 1 fully saturated rings. The Hall–Kier alpha value is -3.88. The summed E-state index contributed by atoms with van der Waals surface area (Å²) in [6.07, 6.45) is 4.09. The summed E-state index contributed by atoms with van der Waals surface area (Å²) in [7, 11) is 1.55. The number of nitrogens with two attached hydrogens (primary N) is 1. The normalized spacial score (nSPS) is 20.7. The van der Waals surface area contributed by atoms with Gasteiger partial charge >= 0.3 is 0 Å². The van der Waals surface area contributed by atoms with Crippen molar-refractivity contribution in [1.29, 1.82) is 0 Å². The second-order valence-electron chi connectivity index (χ2n) is 9.36. The molecule has 1 spiro atoms. The van der Waals surface area contributed by atoms with Crippen LogP contribution in [0.2, 0.25) is 0 Å². The van der Waals surface area contributed by atoms with Gasteiger partial charge in [-0.25, -0.2) is 0 Å². The minimum atomic E-state index is -0.837. The lowest BCUT2D eigenvalue weighted by Crippen LogP contribution is -2.44. The maximum Gasteiger partial charge on any atom is 0.254 e. The number of carbonyl (C=O) groups is 3. The number of unbranched alkanes of at least 4 members (excludes halogenated alkanes) is 2. The minimum Gasteiger partial charge on any atom is -0.497 e. The third kappa shape index (κ3) is 5.50. The van der Waals surface area contributed by atoms with E-state index in [1.54, 1.807) is 31.4 Å². The quantitative estimate of drug-likeness (QED) is 0.519. The molecule has 0 aliphatic carbocycles. The van der Waals surface area contributed by atoms with Gasteiger partial charge in [0.15, 0.2) is 5.60 Å². The number of methoxy groups -OCH3 is 1. The molecule has 1 unspecified atom stereocenters. The SMILES string of the molecule is CCCCCC(=O)Nc1cccc(C2=NOC3(C2)C[C@@H](C(N)=O)N(C(=O)c2ccc(OC)cc2)C3)c1. The van der Waals surface area contributed by atoms with Crippen molar-refractivity contribution in [2.45, 2.75) is 57.1 Å². The van der Waals surface area contributed by atoms with Crippen LogP contribution in [0.15, 0.2) is 53.7 Å². The summed E-state index contributed by atoms with van der Waals surface area (Å²) < 4.78 is 5.16. The lowest BCUT2D eigenvalue weighted by atomic mass is 9.91. The lowest BCUT2D eigenvalue weighted by Gasteiger charge is -2.23. The smallest absolute Gasteiger partial charge is 0.254 e. The largest absolute Gasteiger partial charge is 0.497 e. The molecule has 0 radical (unpaired) electrons. The Kier molecular flexibility index (Phi) is 7.57. The van der Waals surface area contributed by atoms with Gasteiger partial charge in [0.05, 0.1) is 19.4 Å². The number of nitrogens with one attached hydrogen (secondary N) is 1. The van der Waals surface area contributed by atoms with Gasteiger partial charge < -0.3 is 25.5 Å². The number of amides is 3. The van der Waals surface area contributed by atoms with Gasteiger partial charge in [0.1, 0.15) is 11.8 Å². The maximum absolute atomic E-state index is 13.2. The standard InChI is InChI=1S/C27H32N4O5/c1-3-4-5-9-24(32)29-20-8-6-7-19(14-20)22-15-27(36-30-22)16-23(25(28)33)31(17-27)26(34)18-10-12-21(35-2)13-11-18/h6-8,10-14,23H,3-5,9,15-17H2,1-2H3,(H2,28,33)(H,29,32)/t23-,27?/m0/s1. The molecule has 4 rings (SSSR count). The highest BCUT2D eigenvalue weighted by molar-refractivity contribution is 6.04. The van der Waals surface area contributed by atoms with E-state index in [1.165, 1.54) is 4.90 Å². The molecule has 2 heterocycles. The predicted octanol–water partition coefficient (Wildman–Crippen LogP) is 3.48. The van der Waals surface area contributed by atoms with Gasteiger partial charge in [0.25, 0.3) is 5.91 Å². The number of primary amides is 1. The van der Waals surface area contributed by atoms with E-state index in [1.807, 2.05) is 24.3 Å². The number of ether oxygens (including phenoxy) is 1. The first-order valence-electron chi connectivity index (χ1n) is 12.2. The summed E-state index contributed by atoms with van der Waals surface area (Å²) in [6, 6.07) is 13.3. The Morgan fingerprint density at radius 1 is 1.19 bits per heavy atom. The van der Waals surface area contributed by atoms with E-state index in [2.05, 4.69) is 17.4 Å². The van der Waals surface area contributed by atoms with Crippen LogP contribution >= 0.6 is 0 Å². The molecule has 3 amide bonds. The molecule has 9 heteroatoms. The zero-order valence-corrected chi connectivity index (χ0v) is 20.7. The van der Waals surface area contributed by atoms with Gasteiger partial charge in [-0.3, -0.25) is 14.4 Å². The molecule has 0 bridgehead atoms. The van der Waals surface area contributed by atoms with Crippen LogP contribution in [0.1, 0.15) is 61.4 Å². The number of anilines is 1. The highest BCUT2D eigenvalue weighted by atomic mass is 16.7. The van der Waals surface area contributed by atoms with Gasteiger partial charge in [-0.15, -0.1) is 0 Å². The molecule has 9 nitrogen and oxygen atoms in total. The molecule has 190 valence electrons. The third-order valence-electron chi connectivity index (χ3n) is 6.65. The lowest BCUT2D eigenvalue weighted by molar-refractivity contribution is -0.122. The van der Waals surface area contributed by atoms with Gasteiger partial charge in [0, 0.05) is 36.1 Å². The molecular weight excluding hydrogens is 460 g/mol. The number of hydrogen-bond donors (Lipinski definition) is 2. The number of benzene rings is 2. The van der Waals surface area contributed by atoms with Crippen molar-refractivity contribution >= 4 is 29.1 Å². The third-order valence-corrected chi connectivity index (χ3v) is 6.65. The van der Waals surface area contributed by atoms with Gasteiger partial charge in [-0.2, -0.15) is 0 Å². The molecule has 0 aromatic heterocycles. The highest BCUT2D eigenvalue weighted by Crippen LogP contribution is 2.39. The summed E-state index contributed by atoms with van der Waals surface area (Å²) in [5.41, 5.74) is 7.46. The van der Waals surface area contributed by atoms with Gasteiger partial charge in [0.2, 0.25) is 11.8 Å². The van der Waals surface area contributed by atoms with Crippen molar-refractivity contribution in [1.82, 2.24) is 4.90 Å². The second-order valence-corrected chi connectivity index (χ2v) is 9.36. The molecular formula is C27H32N4O5. The Labute approximate surface area is 210 Å². The number of likely N-dealkylation sites (tertiary alicyclic amines) is 1. The van der Waals surface area contributed by atoms with E-state index >= 15 is 0 Å². The predicted molar refractivity (Wildman–Crippen MR) is 136 cm³/mol. The summed E-state index contributed by atoms with van der Waals surface area (Å²) in [4.78, 5) is 45.1. The first-order chi connectivity index (χ1) is 17.3. The van der Waals surface area contributed by atoms with Gasteiger partial charge in [-0.1, -0.05) is 37.1 Å². The fourth-order valence-corrected chi connectivity index (χ4v) is 4.72. The number of hydrogen-bond acceptors (Lipinski definition) is 6. The summed E-state index contributed by atoms with van der Waals surface area (Å²) in [6.45, 7) is 2.29. The second kappa shape index (κ2) is 10.8. The Morgan fingerprint density at radius 3 is 2.67 bits per heavy atom. The number of rotatable bonds is 9.